The molecule has 0 bridgehead atoms. The second-order valence-electron chi connectivity index (χ2n) is 5.41. The van der Waals surface area contributed by atoms with Gasteiger partial charge >= 0.3 is 0 Å². The van der Waals surface area contributed by atoms with Gasteiger partial charge in [-0.3, -0.25) is 0 Å². The first-order valence-corrected chi connectivity index (χ1v) is 8.19. The normalized spacial score (nSPS) is 12.7. The molecule has 1 aromatic carbocycles. The Morgan fingerprint density at radius 1 is 1.12 bits per heavy atom. The van der Waals surface area contributed by atoms with Crippen molar-refractivity contribution < 1.29 is 13.2 Å². The topological polar surface area (TPSA) is 9.23 Å². The van der Waals surface area contributed by atoms with Crippen LogP contribution in [0, 0.1) is 11.6 Å². The summed E-state index contributed by atoms with van der Waals surface area (Å²) >= 11 is 0. The van der Waals surface area contributed by atoms with E-state index in [2.05, 4.69) is 20.8 Å². The van der Waals surface area contributed by atoms with Crippen LogP contribution in [0.15, 0.2) is 18.2 Å². The maximum Gasteiger partial charge on any atom is 0.250 e. The van der Waals surface area contributed by atoms with Crippen molar-refractivity contribution in [3.05, 3.63) is 29.8 Å². The Morgan fingerprint density at radius 2 is 1.69 bits per heavy atom. The third kappa shape index (κ3) is 2.61. The standard InChI is InChI=1S/C12H18F2OSi/c1-12(2,3)16(4,5)15-10-8-6-7-9(13)11(10)14/h6-8H,1-5H3. The number of hydrogen-bond acceptors (Lipinski definition) is 1. The second-order valence-corrected chi connectivity index (χ2v) is 10.1. The number of halogens is 2. The molecule has 0 saturated carbocycles. The highest BCUT2D eigenvalue weighted by Gasteiger charge is 2.39. The van der Waals surface area contributed by atoms with Crippen LogP contribution >= 0.6 is 0 Å². The molecule has 0 aliphatic heterocycles. The van der Waals surface area contributed by atoms with Crippen LogP contribution in [-0.2, 0) is 0 Å². The SMILES string of the molecule is CC(C)(C)[Si](C)(C)Oc1cccc(F)c1F. The van der Waals surface area contributed by atoms with Crippen LogP contribution in [0.5, 0.6) is 5.75 Å². The fourth-order valence-electron chi connectivity index (χ4n) is 0.991. The average Bonchev–Trinajstić information content (AvgIpc) is 2.11. The molecule has 0 heterocycles. The summed E-state index contributed by atoms with van der Waals surface area (Å²) in [4.78, 5) is 0. The first kappa shape index (κ1) is 13.2. The molecule has 0 aliphatic rings. The third-order valence-electron chi connectivity index (χ3n) is 3.09. The zero-order valence-electron chi connectivity index (χ0n) is 10.4. The van der Waals surface area contributed by atoms with E-state index < -0.39 is 20.0 Å². The lowest BCUT2D eigenvalue weighted by molar-refractivity contribution is 0.429. The van der Waals surface area contributed by atoms with Gasteiger partial charge < -0.3 is 4.43 Å². The Hall–Kier alpha value is -0.903. The van der Waals surface area contributed by atoms with E-state index in [-0.39, 0.29) is 10.8 Å². The molecule has 0 radical (unpaired) electrons. The Labute approximate surface area is 96.6 Å². The van der Waals surface area contributed by atoms with Gasteiger partial charge in [0.1, 0.15) is 5.75 Å². The fourth-order valence-corrected chi connectivity index (χ4v) is 2.00. The van der Waals surface area contributed by atoms with Gasteiger partial charge in [0.2, 0.25) is 0 Å². The minimum Gasteiger partial charge on any atom is -0.541 e. The molecule has 0 atom stereocenters. The highest BCUT2D eigenvalue weighted by molar-refractivity contribution is 6.74. The lowest BCUT2D eigenvalue weighted by atomic mass is 10.2. The van der Waals surface area contributed by atoms with E-state index in [0.29, 0.717) is 0 Å². The monoisotopic (exact) mass is 244 g/mol. The first-order chi connectivity index (χ1) is 7.15. The van der Waals surface area contributed by atoms with Crippen molar-refractivity contribution in [1.82, 2.24) is 0 Å². The quantitative estimate of drug-likeness (QED) is 0.703. The van der Waals surface area contributed by atoms with Gasteiger partial charge in [-0.25, -0.2) is 4.39 Å². The molecule has 0 unspecified atom stereocenters. The molecule has 1 aromatic rings. The minimum absolute atomic E-state index is 0.0200. The van der Waals surface area contributed by atoms with Gasteiger partial charge in [0, 0.05) is 0 Å². The van der Waals surface area contributed by atoms with Crippen LogP contribution in [0.1, 0.15) is 20.8 Å². The van der Waals surface area contributed by atoms with Gasteiger partial charge in [-0.15, -0.1) is 0 Å². The van der Waals surface area contributed by atoms with Gasteiger partial charge in [0.25, 0.3) is 8.32 Å². The summed E-state index contributed by atoms with van der Waals surface area (Å²) < 4.78 is 32.2. The van der Waals surface area contributed by atoms with Crippen LogP contribution in [0.25, 0.3) is 0 Å². The van der Waals surface area contributed by atoms with Crippen LogP contribution < -0.4 is 4.43 Å². The number of rotatable bonds is 2. The highest BCUT2D eigenvalue weighted by Crippen LogP contribution is 2.38. The summed E-state index contributed by atoms with van der Waals surface area (Å²) in [5.74, 6) is -1.74. The Balaban J connectivity index is 3.02. The van der Waals surface area contributed by atoms with E-state index in [0.717, 1.165) is 6.07 Å². The van der Waals surface area contributed by atoms with Gasteiger partial charge in [-0.1, -0.05) is 26.8 Å². The molecular formula is C12H18F2OSi. The van der Waals surface area contributed by atoms with E-state index in [1.807, 2.05) is 13.1 Å². The van der Waals surface area contributed by atoms with E-state index in [1.165, 1.54) is 12.1 Å². The van der Waals surface area contributed by atoms with Crippen LogP contribution in [-0.4, -0.2) is 8.32 Å². The smallest absolute Gasteiger partial charge is 0.250 e. The van der Waals surface area contributed by atoms with Crippen molar-refractivity contribution in [2.75, 3.05) is 0 Å². The molecule has 0 N–H and O–H groups in total. The molecule has 0 aromatic heterocycles. The average molecular weight is 244 g/mol. The van der Waals surface area contributed by atoms with E-state index >= 15 is 0 Å². The molecule has 1 rings (SSSR count). The summed E-state index contributed by atoms with van der Waals surface area (Å²) in [6.45, 7) is 10.2. The van der Waals surface area contributed by atoms with Crippen molar-refractivity contribution in [3.63, 3.8) is 0 Å². The predicted octanol–water partition coefficient (Wildman–Crippen LogP) is 4.35. The van der Waals surface area contributed by atoms with Crippen molar-refractivity contribution in [3.8, 4) is 5.75 Å². The third-order valence-corrected chi connectivity index (χ3v) is 7.43. The molecule has 0 amide bonds. The summed E-state index contributed by atoms with van der Waals surface area (Å²) in [5.41, 5.74) is 0. The number of benzene rings is 1. The molecule has 0 aliphatic carbocycles. The van der Waals surface area contributed by atoms with Gasteiger partial charge in [0.15, 0.2) is 11.6 Å². The van der Waals surface area contributed by atoms with Gasteiger partial charge in [-0.2, -0.15) is 4.39 Å². The summed E-state index contributed by atoms with van der Waals surface area (Å²) in [5, 5.41) is -0.0360. The first-order valence-electron chi connectivity index (χ1n) is 5.28. The summed E-state index contributed by atoms with van der Waals surface area (Å²) in [7, 11) is -2.11. The zero-order valence-corrected chi connectivity index (χ0v) is 11.4. The van der Waals surface area contributed by atoms with Crippen molar-refractivity contribution in [2.24, 2.45) is 0 Å². The molecule has 1 nitrogen and oxygen atoms in total. The molecule has 90 valence electrons. The summed E-state index contributed by atoms with van der Waals surface area (Å²) in [6.07, 6.45) is 0. The molecule has 0 saturated heterocycles. The van der Waals surface area contributed by atoms with Gasteiger partial charge in [-0.05, 0) is 30.3 Å². The Bertz CT molecular complexity index is 383. The Morgan fingerprint density at radius 3 is 2.19 bits per heavy atom. The molecule has 0 fully saturated rings. The molecular weight excluding hydrogens is 226 g/mol. The van der Waals surface area contributed by atoms with Crippen molar-refractivity contribution in [1.29, 1.82) is 0 Å². The van der Waals surface area contributed by atoms with E-state index in [4.69, 9.17) is 4.43 Å². The Kier molecular flexibility index (Phi) is 3.43. The van der Waals surface area contributed by atoms with E-state index in [1.54, 1.807) is 0 Å². The fraction of sp³-hybridized carbons (Fsp3) is 0.500. The summed E-state index contributed by atoms with van der Waals surface area (Å²) in [6, 6.07) is 4.02. The molecule has 4 heteroatoms. The number of hydrogen-bond donors (Lipinski definition) is 0. The zero-order chi connectivity index (χ0) is 12.6. The lowest BCUT2D eigenvalue weighted by Gasteiger charge is -2.36. The van der Waals surface area contributed by atoms with Gasteiger partial charge in [0.05, 0.1) is 0 Å². The maximum atomic E-state index is 13.4. The predicted molar refractivity (Wildman–Crippen MR) is 64.2 cm³/mol. The van der Waals surface area contributed by atoms with E-state index in [9.17, 15) is 8.78 Å². The van der Waals surface area contributed by atoms with Crippen molar-refractivity contribution in [2.45, 2.75) is 38.9 Å². The lowest BCUT2D eigenvalue weighted by Crippen LogP contribution is -2.44. The second kappa shape index (κ2) is 4.16. The largest absolute Gasteiger partial charge is 0.541 e. The van der Waals surface area contributed by atoms with Crippen LogP contribution in [0.2, 0.25) is 18.1 Å². The maximum absolute atomic E-state index is 13.4. The minimum atomic E-state index is -2.11. The van der Waals surface area contributed by atoms with Crippen LogP contribution in [0.3, 0.4) is 0 Å². The van der Waals surface area contributed by atoms with Crippen molar-refractivity contribution >= 4 is 8.32 Å². The van der Waals surface area contributed by atoms with Crippen LogP contribution in [0.4, 0.5) is 8.78 Å². The highest BCUT2D eigenvalue weighted by atomic mass is 28.4. The molecule has 16 heavy (non-hydrogen) atoms. The molecule has 0 spiro atoms.